The van der Waals surface area contributed by atoms with Gasteiger partial charge in [-0.2, -0.15) is 0 Å². The van der Waals surface area contributed by atoms with Crippen LogP contribution in [0.5, 0.6) is 0 Å². The molecular formula is C12H16BrCl2FN2O2S. The summed E-state index contributed by atoms with van der Waals surface area (Å²) in [7, 11) is -3.92. The molecule has 0 aromatic heterocycles. The van der Waals surface area contributed by atoms with E-state index in [0.29, 0.717) is 17.3 Å². The van der Waals surface area contributed by atoms with Crippen LogP contribution in [0.1, 0.15) is 25.7 Å². The fourth-order valence-electron chi connectivity index (χ4n) is 2.23. The Kier molecular flexibility index (Phi) is 6.89. The van der Waals surface area contributed by atoms with E-state index in [-0.39, 0.29) is 29.5 Å². The number of benzene rings is 1. The van der Waals surface area contributed by atoms with Gasteiger partial charge in [-0.05, 0) is 53.7 Å². The molecule has 1 fully saturated rings. The molecule has 3 N–H and O–H groups in total. The standard InChI is InChI=1S/C12H15BrClFN2O2S.ClH/c13-9-5-11(15)12(6-10(9)14)20(18,19)17-8-3-1-7(16)2-4-8;/h5-8,17H,1-4,16H2;1H. The summed E-state index contributed by atoms with van der Waals surface area (Å²) in [5.74, 6) is -0.832. The Balaban J connectivity index is 0.00000220. The maximum atomic E-state index is 13.8. The van der Waals surface area contributed by atoms with Crippen LogP contribution in [-0.4, -0.2) is 20.5 Å². The normalized spacial score (nSPS) is 22.7. The Hall–Kier alpha value is 0.0800. The lowest BCUT2D eigenvalue weighted by atomic mass is 9.93. The molecule has 0 bridgehead atoms. The molecule has 0 radical (unpaired) electrons. The van der Waals surface area contributed by atoms with E-state index >= 15 is 0 Å². The van der Waals surface area contributed by atoms with Crippen molar-refractivity contribution in [1.82, 2.24) is 4.72 Å². The first-order valence-corrected chi connectivity index (χ1v) is 8.87. The number of nitrogens with two attached hydrogens (primary N) is 1. The summed E-state index contributed by atoms with van der Waals surface area (Å²) >= 11 is 8.88. The molecule has 1 aliphatic carbocycles. The van der Waals surface area contributed by atoms with Crippen molar-refractivity contribution in [1.29, 1.82) is 0 Å². The van der Waals surface area contributed by atoms with Gasteiger partial charge in [-0.1, -0.05) is 11.6 Å². The zero-order valence-corrected chi connectivity index (χ0v) is 15.0. The molecule has 4 nitrogen and oxygen atoms in total. The molecule has 0 saturated heterocycles. The van der Waals surface area contributed by atoms with Gasteiger partial charge in [-0.25, -0.2) is 17.5 Å². The van der Waals surface area contributed by atoms with E-state index in [2.05, 4.69) is 20.7 Å². The predicted molar refractivity (Wildman–Crippen MR) is 86.9 cm³/mol. The van der Waals surface area contributed by atoms with Crippen molar-refractivity contribution in [3.8, 4) is 0 Å². The third kappa shape index (κ3) is 4.77. The van der Waals surface area contributed by atoms with E-state index in [1.807, 2.05) is 0 Å². The van der Waals surface area contributed by atoms with Gasteiger partial charge in [0.2, 0.25) is 10.0 Å². The van der Waals surface area contributed by atoms with Gasteiger partial charge in [0.15, 0.2) is 0 Å². The summed E-state index contributed by atoms with van der Waals surface area (Å²) in [4.78, 5) is -0.430. The van der Waals surface area contributed by atoms with Crippen LogP contribution >= 0.6 is 39.9 Å². The molecule has 9 heteroatoms. The minimum Gasteiger partial charge on any atom is -0.328 e. The summed E-state index contributed by atoms with van der Waals surface area (Å²) in [6, 6.07) is 2.07. The Morgan fingerprint density at radius 2 is 1.86 bits per heavy atom. The lowest BCUT2D eigenvalue weighted by molar-refractivity contribution is 0.373. The van der Waals surface area contributed by atoms with Crippen LogP contribution in [-0.2, 0) is 10.0 Å². The molecule has 0 spiro atoms. The number of halogens is 4. The highest BCUT2D eigenvalue weighted by Gasteiger charge is 2.27. The topological polar surface area (TPSA) is 72.2 Å². The van der Waals surface area contributed by atoms with Gasteiger partial charge in [0.1, 0.15) is 10.7 Å². The third-order valence-electron chi connectivity index (χ3n) is 3.36. The van der Waals surface area contributed by atoms with Crippen molar-refractivity contribution in [3.63, 3.8) is 0 Å². The highest BCUT2D eigenvalue weighted by Crippen LogP contribution is 2.28. The lowest BCUT2D eigenvalue weighted by Crippen LogP contribution is -2.40. The van der Waals surface area contributed by atoms with Gasteiger partial charge in [0, 0.05) is 16.6 Å². The molecule has 21 heavy (non-hydrogen) atoms. The van der Waals surface area contributed by atoms with E-state index in [9.17, 15) is 12.8 Å². The minimum atomic E-state index is -3.92. The van der Waals surface area contributed by atoms with Crippen molar-refractivity contribution < 1.29 is 12.8 Å². The fraction of sp³-hybridized carbons (Fsp3) is 0.500. The van der Waals surface area contributed by atoms with Crippen molar-refractivity contribution in [3.05, 3.63) is 27.4 Å². The summed E-state index contributed by atoms with van der Waals surface area (Å²) in [6.07, 6.45) is 2.84. The average Bonchev–Trinajstić information content (AvgIpc) is 2.36. The number of nitrogens with one attached hydrogen (secondary N) is 1. The summed E-state index contributed by atoms with van der Waals surface area (Å²) in [5.41, 5.74) is 5.77. The molecule has 0 unspecified atom stereocenters. The van der Waals surface area contributed by atoms with E-state index < -0.39 is 20.7 Å². The summed E-state index contributed by atoms with van der Waals surface area (Å²) in [6.45, 7) is 0. The van der Waals surface area contributed by atoms with Crippen LogP contribution in [0.15, 0.2) is 21.5 Å². The number of hydrogen-bond donors (Lipinski definition) is 2. The number of sulfonamides is 1. The second-order valence-electron chi connectivity index (χ2n) is 4.93. The summed E-state index contributed by atoms with van der Waals surface area (Å²) in [5, 5.41) is 0.150. The highest BCUT2D eigenvalue weighted by atomic mass is 79.9. The van der Waals surface area contributed by atoms with Crippen LogP contribution in [0.4, 0.5) is 4.39 Å². The maximum Gasteiger partial charge on any atom is 0.243 e. The Labute approximate surface area is 143 Å². The van der Waals surface area contributed by atoms with Gasteiger partial charge < -0.3 is 5.73 Å². The third-order valence-corrected chi connectivity index (χ3v) is 6.09. The molecular weight excluding hydrogens is 406 g/mol. The second-order valence-corrected chi connectivity index (χ2v) is 7.87. The van der Waals surface area contributed by atoms with E-state index in [0.717, 1.165) is 25.0 Å². The zero-order valence-electron chi connectivity index (χ0n) is 11.0. The smallest absolute Gasteiger partial charge is 0.243 e. The SMILES string of the molecule is Cl.NC1CCC(NS(=O)(=O)c2cc(Cl)c(Br)cc2F)CC1. The molecule has 0 atom stereocenters. The second kappa shape index (κ2) is 7.57. The van der Waals surface area contributed by atoms with Crippen molar-refractivity contribution in [2.75, 3.05) is 0 Å². The highest BCUT2D eigenvalue weighted by molar-refractivity contribution is 9.10. The molecule has 0 aliphatic heterocycles. The maximum absolute atomic E-state index is 13.8. The molecule has 1 aliphatic rings. The average molecular weight is 422 g/mol. The molecule has 120 valence electrons. The van der Waals surface area contributed by atoms with Crippen LogP contribution in [0.2, 0.25) is 5.02 Å². The molecule has 0 amide bonds. The monoisotopic (exact) mass is 420 g/mol. The fourth-order valence-corrected chi connectivity index (χ4v) is 4.16. The van der Waals surface area contributed by atoms with Crippen molar-refractivity contribution in [2.24, 2.45) is 5.73 Å². The van der Waals surface area contributed by atoms with E-state index in [1.165, 1.54) is 0 Å². The van der Waals surface area contributed by atoms with Crippen LogP contribution in [0, 0.1) is 5.82 Å². The Morgan fingerprint density at radius 3 is 2.43 bits per heavy atom. The van der Waals surface area contributed by atoms with E-state index in [1.54, 1.807) is 0 Å². The van der Waals surface area contributed by atoms with Gasteiger partial charge in [-0.3, -0.25) is 0 Å². The number of rotatable bonds is 3. The van der Waals surface area contributed by atoms with Gasteiger partial charge in [-0.15, -0.1) is 12.4 Å². The van der Waals surface area contributed by atoms with Gasteiger partial charge >= 0.3 is 0 Å². The first kappa shape index (κ1) is 19.1. The molecule has 2 rings (SSSR count). The predicted octanol–water partition coefficient (Wildman–Crippen LogP) is 3.21. The van der Waals surface area contributed by atoms with E-state index in [4.69, 9.17) is 17.3 Å². The molecule has 1 aromatic rings. The largest absolute Gasteiger partial charge is 0.328 e. The van der Waals surface area contributed by atoms with Crippen LogP contribution in [0.25, 0.3) is 0 Å². The molecule has 0 heterocycles. The van der Waals surface area contributed by atoms with Gasteiger partial charge in [0.05, 0.1) is 5.02 Å². The van der Waals surface area contributed by atoms with Crippen LogP contribution in [0.3, 0.4) is 0 Å². The first-order chi connectivity index (χ1) is 9.29. The first-order valence-electron chi connectivity index (χ1n) is 6.22. The van der Waals surface area contributed by atoms with Crippen LogP contribution < -0.4 is 10.5 Å². The lowest BCUT2D eigenvalue weighted by Gasteiger charge is -2.26. The zero-order chi connectivity index (χ0) is 14.9. The molecule has 1 aromatic carbocycles. The number of hydrogen-bond acceptors (Lipinski definition) is 3. The Bertz CT molecular complexity index is 608. The van der Waals surface area contributed by atoms with Crippen molar-refractivity contribution >= 4 is 50.0 Å². The quantitative estimate of drug-likeness (QED) is 0.736. The minimum absolute atomic E-state index is 0. The molecule has 1 saturated carbocycles. The van der Waals surface area contributed by atoms with Crippen molar-refractivity contribution in [2.45, 2.75) is 42.7 Å². The van der Waals surface area contributed by atoms with Gasteiger partial charge in [0.25, 0.3) is 0 Å². The summed E-state index contributed by atoms with van der Waals surface area (Å²) < 4.78 is 41.1. The Morgan fingerprint density at radius 1 is 1.29 bits per heavy atom.